The summed E-state index contributed by atoms with van der Waals surface area (Å²) in [6.07, 6.45) is 1.72. The molecule has 0 aliphatic carbocycles. The Morgan fingerprint density at radius 3 is 2.52 bits per heavy atom. The van der Waals surface area contributed by atoms with Crippen molar-refractivity contribution in [3.8, 4) is 0 Å². The molecule has 3 heterocycles. The highest BCUT2D eigenvalue weighted by Crippen LogP contribution is 2.17. The van der Waals surface area contributed by atoms with Crippen LogP contribution in [0, 0.1) is 5.41 Å². The molecule has 0 bridgehead atoms. The smallest absolute Gasteiger partial charge is 0.285 e. The molecule has 0 spiro atoms. The van der Waals surface area contributed by atoms with E-state index in [2.05, 4.69) is 4.98 Å². The van der Waals surface area contributed by atoms with Crippen molar-refractivity contribution in [2.45, 2.75) is 0 Å². The van der Waals surface area contributed by atoms with Gasteiger partial charge < -0.3 is 0 Å². The summed E-state index contributed by atoms with van der Waals surface area (Å²) in [5, 5.41) is 10.4. The normalized spacial score (nSPS) is 11.6. The molecular formula is C16H13N5O2. The standard InChI is InChI=1S/C16H13N5O2/c1-19-14-11(15(22)20(2)16(19)23)12(17)21-8-7-9-5-3-4-6-10(9)13(21)18-14/h3-8,17H,1-2H3. The van der Waals surface area contributed by atoms with Crippen LogP contribution in [0.25, 0.3) is 27.5 Å². The maximum Gasteiger partial charge on any atom is 0.332 e. The monoisotopic (exact) mass is 307 g/mol. The third kappa shape index (κ3) is 1.64. The summed E-state index contributed by atoms with van der Waals surface area (Å²) in [6.45, 7) is 0. The van der Waals surface area contributed by atoms with Gasteiger partial charge in [-0.15, -0.1) is 0 Å². The molecule has 0 radical (unpaired) electrons. The molecule has 4 aromatic rings. The first-order valence-corrected chi connectivity index (χ1v) is 7.05. The van der Waals surface area contributed by atoms with Crippen LogP contribution in [0.2, 0.25) is 0 Å². The van der Waals surface area contributed by atoms with Gasteiger partial charge in [-0.25, -0.2) is 9.78 Å². The number of pyridine rings is 1. The van der Waals surface area contributed by atoms with Gasteiger partial charge in [0.1, 0.15) is 16.5 Å². The van der Waals surface area contributed by atoms with Crippen molar-refractivity contribution in [3.05, 3.63) is 62.9 Å². The molecule has 23 heavy (non-hydrogen) atoms. The number of hydrogen-bond donors (Lipinski definition) is 1. The maximum atomic E-state index is 12.4. The van der Waals surface area contributed by atoms with E-state index in [-0.39, 0.29) is 16.5 Å². The zero-order chi connectivity index (χ0) is 16.3. The zero-order valence-corrected chi connectivity index (χ0v) is 12.6. The van der Waals surface area contributed by atoms with Crippen LogP contribution in [0.4, 0.5) is 0 Å². The van der Waals surface area contributed by atoms with Crippen LogP contribution < -0.4 is 16.7 Å². The van der Waals surface area contributed by atoms with Crippen LogP contribution in [0.5, 0.6) is 0 Å². The van der Waals surface area contributed by atoms with E-state index in [0.717, 1.165) is 15.3 Å². The Morgan fingerprint density at radius 1 is 1.00 bits per heavy atom. The predicted molar refractivity (Wildman–Crippen MR) is 86.5 cm³/mol. The second-order valence-electron chi connectivity index (χ2n) is 5.46. The van der Waals surface area contributed by atoms with Gasteiger partial charge in [0.15, 0.2) is 5.65 Å². The van der Waals surface area contributed by atoms with Crippen molar-refractivity contribution < 1.29 is 0 Å². The number of nitrogens with zero attached hydrogens (tertiary/aromatic N) is 4. The van der Waals surface area contributed by atoms with Crippen molar-refractivity contribution in [1.29, 1.82) is 5.41 Å². The lowest BCUT2D eigenvalue weighted by atomic mass is 10.1. The molecule has 0 amide bonds. The third-order valence-corrected chi connectivity index (χ3v) is 4.16. The molecule has 0 aliphatic heterocycles. The number of fused-ring (bicyclic) bond motifs is 4. The first-order valence-electron chi connectivity index (χ1n) is 7.05. The minimum atomic E-state index is -0.511. The van der Waals surface area contributed by atoms with Crippen molar-refractivity contribution in [2.24, 2.45) is 14.1 Å². The van der Waals surface area contributed by atoms with E-state index in [0.29, 0.717) is 5.65 Å². The summed E-state index contributed by atoms with van der Waals surface area (Å²) in [5.74, 6) is 0. The second-order valence-corrected chi connectivity index (χ2v) is 5.46. The SMILES string of the molecule is Cn1c(=O)c2c(=N)n3ccc4ccccc4c3nc2n(C)c1=O. The molecule has 1 N–H and O–H groups in total. The zero-order valence-electron chi connectivity index (χ0n) is 12.6. The first-order chi connectivity index (χ1) is 11.0. The van der Waals surface area contributed by atoms with Gasteiger partial charge in [-0.05, 0) is 11.5 Å². The van der Waals surface area contributed by atoms with Gasteiger partial charge in [0.25, 0.3) is 5.56 Å². The maximum absolute atomic E-state index is 12.4. The van der Waals surface area contributed by atoms with Crippen LogP contribution in [0.1, 0.15) is 0 Å². The fourth-order valence-electron chi connectivity index (χ4n) is 2.89. The number of aryl methyl sites for hydroxylation is 1. The fraction of sp³-hybridized carbons (Fsp3) is 0.125. The average molecular weight is 307 g/mol. The van der Waals surface area contributed by atoms with Crippen LogP contribution in [0.3, 0.4) is 0 Å². The molecule has 0 saturated heterocycles. The molecule has 0 unspecified atom stereocenters. The summed E-state index contributed by atoms with van der Waals surface area (Å²) in [7, 11) is 2.96. The topological polar surface area (TPSA) is 85.2 Å². The average Bonchev–Trinajstić information content (AvgIpc) is 2.57. The summed E-state index contributed by atoms with van der Waals surface area (Å²) in [4.78, 5) is 29.1. The molecule has 7 nitrogen and oxygen atoms in total. The van der Waals surface area contributed by atoms with Crippen LogP contribution >= 0.6 is 0 Å². The fourth-order valence-corrected chi connectivity index (χ4v) is 2.89. The second kappa shape index (κ2) is 4.39. The lowest BCUT2D eigenvalue weighted by Gasteiger charge is -2.10. The number of nitrogens with one attached hydrogen (secondary N) is 1. The van der Waals surface area contributed by atoms with Gasteiger partial charge >= 0.3 is 5.69 Å². The van der Waals surface area contributed by atoms with Gasteiger partial charge in [0.05, 0.1) is 0 Å². The van der Waals surface area contributed by atoms with Crippen LogP contribution in [0.15, 0.2) is 46.1 Å². The molecule has 4 rings (SSSR count). The largest absolute Gasteiger partial charge is 0.332 e. The molecule has 1 aromatic carbocycles. The summed E-state index contributed by atoms with van der Waals surface area (Å²) >= 11 is 0. The highest BCUT2D eigenvalue weighted by atomic mass is 16.2. The number of benzene rings is 1. The molecular weight excluding hydrogens is 294 g/mol. The molecule has 3 aromatic heterocycles. The lowest BCUT2D eigenvalue weighted by molar-refractivity contribution is 0.704. The highest BCUT2D eigenvalue weighted by molar-refractivity contribution is 5.95. The Bertz CT molecular complexity index is 1290. The van der Waals surface area contributed by atoms with Crippen molar-refractivity contribution in [3.63, 3.8) is 0 Å². The van der Waals surface area contributed by atoms with Gasteiger partial charge in [-0.2, -0.15) is 0 Å². The van der Waals surface area contributed by atoms with E-state index in [1.54, 1.807) is 17.6 Å². The Kier molecular flexibility index (Phi) is 2.57. The quantitative estimate of drug-likeness (QED) is 0.379. The predicted octanol–water partition coefficient (Wildman–Crippen LogP) is 0.518. The van der Waals surface area contributed by atoms with Crippen molar-refractivity contribution >= 4 is 27.5 Å². The van der Waals surface area contributed by atoms with Crippen molar-refractivity contribution in [1.82, 2.24) is 18.5 Å². The minimum Gasteiger partial charge on any atom is -0.285 e. The lowest BCUT2D eigenvalue weighted by Crippen LogP contribution is -2.40. The molecule has 7 heteroatoms. The van der Waals surface area contributed by atoms with E-state index in [4.69, 9.17) is 5.41 Å². The van der Waals surface area contributed by atoms with Gasteiger partial charge in [-0.3, -0.25) is 23.7 Å². The number of aromatic nitrogens is 4. The summed E-state index contributed by atoms with van der Waals surface area (Å²) < 4.78 is 3.86. The summed E-state index contributed by atoms with van der Waals surface area (Å²) in [6, 6.07) is 9.55. The van der Waals surface area contributed by atoms with E-state index in [1.807, 2.05) is 30.3 Å². The number of hydrogen-bond acceptors (Lipinski definition) is 4. The van der Waals surface area contributed by atoms with E-state index < -0.39 is 11.2 Å². The molecule has 0 aliphatic rings. The molecule has 0 saturated carbocycles. The van der Waals surface area contributed by atoms with Gasteiger partial charge in [0, 0.05) is 25.7 Å². The van der Waals surface area contributed by atoms with Gasteiger partial charge in [0.2, 0.25) is 0 Å². The Labute approximate surface area is 129 Å². The number of rotatable bonds is 0. The van der Waals surface area contributed by atoms with Crippen LogP contribution in [-0.4, -0.2) is 18.5 Å². The van der Waals surface area contributed by atoms with Crippen LogP contribution in [-0.2, 0) is 14.1 Å². The van der Waals surface area contributed by atoms with Crippen molar-refractivity contribution in [2.75, 3.05) is 0 Å². The minimum absolute atomic E-state index is 0.0203. The van der Waals surface area contributed by atoms with E-state index in [9.17, 15) is 9.59 Å². The summed E-state index contributed by atoms with van der Waals surface area (Å²) in [5.41, 5.74) is -0.183. The Balaban J connectivity index is 2.42. The highest BCUT2D eigenvalue weighted by Gasteiger charge is 2.14. The van der Waals surface area contributed by atoms with E-state index >= 15 is 0 Å². The Morgan fingerprint density at radius 2 is 1.74 bits per heavy atom. The molecule has 114 valence electrons. The molecule has 0 fully saturated rings. The third-order valence-electron chi connectivity index (χ3n) is 4.16. The van der Waals surface area contributed by atoms with E-state index in [1.165, 1.54) is 11.6 Å². The first kappa shape index (κ1) is 13.4. The van der Waals surface area contributed by atoms with Gasteiger partial charge in [-0.1, -0.05) is 24.3 Å². The molecule has 0 atom stereocenters. The Hall–Kier alpha value is -3.22.